The van der Waals surface area contributed by atoms with Crippen LogP contribution in [-0.4, -0.2) is 23.1 Å². The molecule has 2 aliphatic heterocycles. The predicted molar refractivity (Wildman–Crippen MR) is 84.2 cm³/mol. The SMILES string of the molecule is Clc1nc(N2CCCc3ccccc32)nc2c1CNCC2. The minimum Gasteiger partial charge on any atom is -0.312 e. The minimum atomic E-state index is 0.588. The third-order valence-corrected chi connectivity index (χ3v) is 4.54. The fourth-order valence-electron chi connectivity index (χ4n) is 3.15. The second-order valence-electron chi connectivity index (χ2n) is 5.55. The molecule has 2 aromatic rings. The summed E-state index contributed by atoms with van der Waals surface area (Å²) in [7, 11) is 0. The maximum absolute atomic E-state index is 6.38. The van der Waals surface area contributed by atoms with Gasteiger partial charge in [0.05, 0.1) is 5.69 Å². The van der Waals surface area contributed by atoms with Gasteiger partial charge in [-0.1, -0.05) is 29.8 Å². The monoisotopic (exact) mass is 300 g/mol. The lowest BCUT2D eigenvalue weighted by atomic mass is 10.0. The summed E-state index contributed by atoms with van der Waals surface area (Å²) in [5, 5.41) is 3.91. The number of rotatable bonds is 1. The van der Waals surface area contributed by atoms with Gasteiger partial charge in [0.25, 0.3) is 0 Å². The van der Waals surface area contributed by atoms with E-state index < -0.39 is 0 Å². The molecular formula is C16H17ClN4. The molecule has 0 unspecified atom stereocenters. The van der Waals surface area contributed by atoms with E-state index >= 15 is 0 Å². The van der Waals surface area contributed by atoms with Crippen LogP contribution in [0.3, 0.4) is 0 Å². The van der Waals surface area contributed by atoms with Crippen LogP contribution in [0.15, 0.2) is 24.3 Å². The number of hydrogen-bond acceptors (Lipinski definition) is 4. The first-order valence-corrected chi connectivity index (χ1v) is 7.82. The van der Waals surface area contributed by atoms with Crippen molar-refractivity contribution in [1.82, 2.24) is 15.3 Å². The molecule has 0 fully saturated rings. The maximum atomic E-state index is 6.38. The third kappa shape index (κ3) is 2.28. The third-order valence-electron chi connectivity index (χ3n) is 4.22. The van der Waals surface area contributed by atoms with Crippen molar-refractivity contribution in [3.05, 3.63) is 46.2 Å². The minimum absolute atomic E-state index is 0.588. The number of para-hydroxylation sites is 1. The Morgan fingerprint density at radius 2 is 2.05 bits per heavy atom. The van der Waals surface area contributed by atoms with Crippen molar-refractivity contribution in [2.45, 2.75) is 25.8 Å². The standard InChI is InChI=1S/C16H17ClN4/c17-15-12-10-18-8-7-13(12)19-16(20-15)21-9-3-5-11-4-1-2-6-14(11)21/h1-2,4,6,18H,3,5,7-10H2. The van der Waals surface area contributed by atoms with Gasteiger partial charge in [0.2, 0.25) is 5.95 Å². The van der Waals surface area contributed by atoms with E-state index in [1.807, 2.05) is 0 Å². The molecule has 0 amide bonds. The molecule has 0 saturated heterocycles. The summed E-state index contributed by atoms with van der Waals surface area (Å²) in [6.07, 6.45) is 3.16. The van der Waals surface area contributed by atoms with Gasteiger partial charge < -0.3 is 10.2 Å². The number of halogens is 1. The van der Waals surface area contributed by atoms with Crippen molar-refractivity contribution >= 4 is 23.2 Å². The zero-order chi connectivity index (χ0) is 14.2. The topological polar surface area (TPSA) is 41.1 Å². The molecule has 1 aromatic carbocycles. The van der Waals surface area contributed by atoms with Gasteiger partial charge >= 0.3 is 0 Å². The summed E-state index contributed by atoms with van der Waals surface area (Å²) in [5.41, 5.74) is 4.72. The molecule has 5 heteroatoms. The molecule has 0 aliphatic carbocycles. The number of hydrogen-bond donors (Lipinski definition) is 1. The quantitative estimate of drug-likeness (QED) is 0.822. The summed E-state index contributed by atoms with van der Waals surface area (Å²) >= 11 is 6.38. The highest BCUT2D eigenvalue weighted by Gasteiger charge is 2.23. The highest BCUT2D eigenvalue weighted by Crippen LogP contribution is 2.33. The Morgan fingerprint density at radius 1 is 1.14 bits per heavy atom. The molecule has 1 aromatic heterocycles. The second-order valence-corrected chi connectivity index (χ2v) is 5.91. The highest BCUT2D eigenvalue weighted by atomic mass is 35.5. The number of benzene rings is 1. The number of aromatic nitrogens is 2. The van der Waals surface area contributed by atoms with Crippen molar-refractivity contribution in [1.29, 1.82) is 0 Å². The van der Waals surface area contributed by atoms with Crippen LogP contribution < -0.4 is 10.2 Å². The highest BCUT2D eigenvalue weighted by molar-refractivity contribution is 6.30. The van der Waals surface area contributed by atoms with Gasteiger partial charge in [-0.2, -0.15) is 0 Å². The zero-order valence-corrected chi connectivity index (χ0v) is 12.5. The molecule has 3 heterocycles. The molecule has 21 heavy (non-hydrogen) atoms. The van der Waals surface area contributed by atoms with Gasteiger partial charge in [-0.25, -0.2) is 9.97 Å². The summed E-state index contributed by atoms with van der Waals surface area (Å²) in [5.74, 6) is 0.743. The van der Waals surface area contributed by atoms with Crippen molar-refractivity contribution in [3.8, 4) is 0 Å². The van der Waals surface area contributed by atoms with Gasteiger partial charge in [-0.05, 0) is 24.5 Å². The van der Waals surface area contributed by atoms with Crippen LogP contribution >= 0.6 is 11.6 Å². The van der Waals surface area contributed by atoms with Gasteiger partial charge in [0, 0.05) is 37.3 Å². The second kappa shape index (κ2) is 5.28. The fraction of sp³-hybridized carbons (Fsp3) is 0.375. The van der Waals surface area contributed by atoms with E-state index in [9.17, 15) is 0 Å². The molecule has 1 N–H and O–H groups in total. The molecule has 0 saturated carbocycles. The Labute approximate surface area is 129 Å². The number of nitrogens with zero attached hydrogens (tertiary/aromatic N) is 3. The lowest BCUT2D eigenvalue weighted by Gasteiger charge is -2.30. The maximum Gasteiger partial charge on any atom is 0.231 e. The fourth-order valence-corrected chi connectivity index (χ4v) is 3.40. The first kappa shape index (κ1) is 13.0. The van der Waals surface area contributed by atoms with E-state index in [1.54, 1.807) is 0 Å². The Hall–Kier alpha value is -1.65. The van der Waals surface area contributed by atoms with E-state index in [-0.39, 0.29) is 0 Å². The van der Waals surface area contributed by atoms with E-state index in [0.717, 1.165) is 56.1 Å². The Kier molecular flexibility index (Phi) is 3.28. The number of anilines is 2. The van der Waals surface area contributed by atoms with Crippen LogP contribution in [0.25, 0.3) is 0 Å². The smallest absolute Gasteiger partial charge is 0.231 e. The van der Waals surface area contributed by atoms with E-state index in [0.29, 0.717) is 5.15 Å². The summed E-state index contributed by atoms with van der Waals surface area (Å²) in [4.78, 5) is 11.5. The molecule has 4 nitrogen and oxygen atoms in total. The average molecular weight is 301 g/mol. The number of aryl methyl sites for hydroxylation is 1. The summed E-state index contributed by atoms with van der Waals surface area (Å²) in [6, 6.07) is 8.49. The molecule has 0 radical (unpaired) electrons. The van der Waals surface area contributed by atoms with Gasteiger partial charge in [-0.15, -0.1) is 0 Å². The molecule has 0 bridgehead atoms. The predicted octanol–water partition coefficient (Wildman–Crippen LogP) is 2.86. The van der Waals surface area contributed by atoms with Crippen LogP contribution in [-0.2, 0) is 19.4 Å². The number of fused-ring (bicyclic) bond motifs is 2. The first-order valence-electron chi connectivity index (χ1n) is 7.44. The normalized spacial score (nSPS) is 17.3. The molecule has 0 spiro atoms. The first-order chi connectivity index (χ1) is 10.3. The Balaban J connectivity index is 1.79. The van der Waals surface area contributed by atoms with Gasteiger partial charge in [0.1, 0.15) is 5.15 Å². The van der Waals surface area contributed by atoms with Crippen molar-refractivity contribution in [3.63, 3.8) is 0 Å². The van der Waals surface area contributed by atoms with Gasteiger partial charge in [0.15, 0.2) is 0 Å². The van der Waals surface area contributed by atoms with Crippen LogP contribution in [0.4, 0.5) is 11.6 Å². The van der Waals surface area contributed by atoms with Crippen LogP contribution in [0.2, 0.25) is 5.15 Å². The molecule has 4 rings (SSSR count). The van der Waals surface area contributed by atoms with Crippen molar-refractivity contribution < 1.29 is 0 Å². The summed E-state index contributed by atoms with van der Waals surface area (Å²) < 4.78 is 0. The lowest BCUT2D eigenvalue weighted by Crippen LogP contribution is -2.29. The van der Waals surface area contributed by atoms with Crippen molar-refractivity contribution in [2.75, 3.05) is 18.0 Å². The van der Waals surface area contributed by atoms with Crippen LogP contribution in [0, 0.1) is 0 Å². The summed E-state index contributed by atoms with van der Waals surface area (Å²) in [6.45, 7) is 2.67. The Bertz CT molecular complexity index is 686. The average Bonchev–Trinajstić information content (AvgIpc) is 2.54. The molecule has 2 aliphatic rings. The van der Waals surface area contributed by atoms with E-state index in [4.69, 9.17) is 16.6 Å². The van der Waals surface area contributed by atoms with E-state index in [1.165, 1.54) is 11.3 Å². The zero-order valence-electron chi connectivity index (χ0n) is 11.8. The van der Waals surface area contributed by atoms with E-state index in [2.05, 4.69) is 39.5 Å². The Morgan fingerprint density at radius 3 is 3.00 bits per heavy atom. The van der Waals surface area contributed by atoms with Crippen molar-refractivity contribution in [2.24, 2.45) is 0 Å². The van der Waals surface area contributed by atoms with Crippen LogP contribution in [0.5, 0.6) is 0 Å². The van der Waals surface area contributed by atoms with Gasteiger partial charge in [-0.3, -0.25) is 0 Å². The van der Waals surface area contributed by atoms with Crippen LogP contribution in [0.1, 0.15) is 23.2 Å². The molecule has 108 valence electrons. The largest absolute Gasteiger partial charge is 0.312 e. The lowest BCUT2D eigenvalue weighted by molar-refractivity contribution is 0.623. The molecular weight excluding hydrogens is 284 g/mol. The molecule has 0 atom stereocenters. The number of nitrogens with one attached hydrogen (secondary N) is 1.